The van der Waals surface area contributed by atoms with Crippen molar-refractivity contribution in [2.75, 3.05) is 11.9 Å². The minimum Gasteiger partial charge on any atom is -0.477 e. The molecule has 0 aliphatic rings. The Morgan fingerprint density at radius 3 is 2.12 bits per heavy atom. The predicted molar refractivity (Wildman–Crippen MR) is 71.5 cm³/mol. The number of nitrogens with one attached hydrogen (secondary N) is 1. The van der Waals surface area contributed by atoms with Crippen LogP contribution in [0.5, 0.6) is 5.75 Å². The number of carbonyl (C=O) groups excluding carboxylic acids is 1. The largest absolute Gasteiger partial charge is 0.477 e. The lowest BCUT2D eigenvalue weighted by Crippen LogP contribution is -2.22. The summed E-state index contributed by atoms with van der Waals surface area (Å²) in [5.74, 6) is -13.6. The quantitative estimate of drug-likeness (QED) is 0.527. The lowest BCUT2D eigenvalue weighted by molar-refractivity contribution is -0.118. The normalized spacial score (nSPS) is 10.2. The first kappa shape index (κ1) is 17.2. The molecule has 4 nitrogen and oxygen atoms in total. The zero-order chi connectivity index (χ0) is 17.9. The maximum atomic E-state index is 13.4. The summed E-state index contributed by atoms with van der Waals surface area (Å²) in [6, 6.07) is 7.64. The van der Waals surface area contributed by atoms with Crippen LogP contribution in [0, 0.1) is 40.4 Å². The average Bonchev–Trinajstić information content (AvgIpc) is 2.58. The number of carbonyl (C=O) groups is 1. The van der Waals surface area contributed by atoms with E-state index in [0.29, 0.717) is 0 Å². The molecule has 9 heteroatoms. The highest BCUT2D eigenvalue weighted by Gasteiger charge is 2.27. The number of anilines is 1. The zero-order valence-corrected chi connectivity index (χ0v) is 11.7. The van der Waals surface area contributed by atoms with Gasteiger partial charge in [-0.15, -0.1) is 0 Å². The minimum atomic E-state index is -2.33. The minimum absolute atomic E-state index is 0.103. The van der Waals surface area contributed by atoms with Gasteiger partial charge in [-0.05, 0) is 12.1 Å². The molecule has 0 aromatic heterocycles. The number of amides is 1. The van der Waals surface area contributed by atoms with Crippen LogP contribution in [-0.4, -0.2) is 12.5 Å². The Morgan fingerprint density at radius 2 is 1.54 bits per heavy atom. The van der Waals surface area contributed by atoms with Crippen molar-refractivity contribution in [1.82, 2.24) is 0 Å². The molecule has 0 unspecified atom stereocenters. The molecule has 0 atom stereocenters. The molecule has 24 heavy (non-hydrogen) atoms. The predicted octanol–water partition coefficient (Wildman–Crippen LogP) is 3.27. The molecular formula is C15H7F5N2O2. The highest BCUT2D eigenvalue weighted by Crippen LogP contribution is 2.29. The van der Waals surface area contributed by atoms with Crippen molar-refractivity contribution < 1.29 is 31.5 Å². The van der Waals surface area contributed by atoms with E-state index >= 15 is 0 Å². The first-order chi connectivity index (χ1) is 11.4. The van der Waals surface area contributed by atoms with Crippen molar-refractivity contribution in [2.45, 2.75) is 0 Å². The lowest BCUT2D eigenvalue weighted by Gasteiger charge is -2.11. The molecule has 0 aliphatic carbocycles. The van der Waals surface area contributed by atoms with E-state index in [0.717, 1.165) is 0 Å². The van der Waals surface area contributed by atoms with Crippen LogP contribution in [0.4, 0.5) is 27.6 Å². The number of hydrogen-bond donors (Lipinski definition) is 1. The van der Waals surface area contributed by atoms with Crippen molar-refractivity contribution in [1.29, 1.82) is 5.26 Å². The van der Waals surface area contributed by atoms with E-state index in [1.54, 1.807) is 12.1 Å². The molecule has 0 heterocycles. The van der Waals surface area contributed by atoms with E-state index in [1.807, 2.05) is 0 Å². The molecule has 0 saturated heterocycles. The van der Waals surface area contributed by atoms with Crippen molar-refractivity contribution >= 4 is 11.6 Å². The summed E-state index contributed by atoms with van der Waals surface area (Å²) < 4.78 is 70.0. The van der Waals surface area contributed by atoms with Gasteiger partial charge in [-0.25, -0.2) is 13.2 Å². The van der Waals surface area contributed by atoms with E-state index in [9.17, 15) is 26.7 Å². The number of benzene rings is 2. The molecule has 1 amide bonds. The second kappa shape index (κ2) is 6.95. The maximum Gasteiger partial charge on any atom is 0.262 e. The van der Waals surface area contributed by atoms with Gasteiger partial charge >= 0.3 is 0 Å². The van der Waals surface area contributed by atoms with Crippen molar-refractivity contribution in [3.05, 3.63) is 58.9 Å². The van der Waals surface area contributed by atoms with Crippen LogP contribution in [-0.2, 0) is 4.79 Å². The number of halogens is 5. The van der Waals surface area contributed by atoms with E-state index in [-0.39, 0.29) is 11.3 Å². The fourth-order valence-electron chi connectivity index (χ4n) is 1.73. The van der Waals surface area contributed by atoms with E-state index in [1.165, 1.54) is 18.2 Å². The Hall–Kier alpha value is -3.15. The van der Waals surface area contributed by atoms with Gasteiger partial charge in [-0.2, -0.15) is 14.0 Å². The number of hydrogen-bond acceptors (Lipinski definition) is 3. The summed E-state index contributed by atoms with van der Waals surface area (Å²) in [5.41, 5.74) is 0.216. The Labute approximate surface area is 132 Å². The van der Waals surface area contributed by atoms with Crippen molar-refractivity contribution in [3.8, 4) is 11.8 Å². The molecule has 2 rings (SSSR count). The van der Waals surface area contributed by atoms with Gasteiger partial charge in [0.15, 0.2) is 12.4 Å². The molecule has 1 N–H and O–H groups in total. The fourth-order valence-corrected chi connectivity index (χ4v) is 1.73. The second-order valence-electron chi connectivity index (χ2n) is 4.39. The van der Waals surface area contributed by atoms with Gasteiger partial charge in [0.05, 0.1) is 11.3 Å². The molecule has 2 aromatic carbocycles. The van der Waals surface area contributed by atoms with Crippen LogP contribution in [0.15, 0.2) is 24.3 Å². The van der Waals surface area contributed by atoms with Crippen LogP contribution in [0.1, 0.15) is 5.56 Å². The van der Waals surface area contributed by atoms with Gasteiger partial charge in [0.25, 0.3) is 5.91 Å². The van der Waals surface area contributed by atoms with Gasteiger partial charge in [0.1, 0.15) is 6.07 Å². The Bertz CT molecular complexity index is 819. The van der Waals surface area contributed by atoms with Gasteiger partial charge in [0.2, 0.25) is 29.1 Å². The summed E-state index contributed by atoms with van der Waals surface area (Å²) in [6.07, 6.45) is 0. The van der Waals surface area contributed by atoms with Gasteiger partial charge in [0, 0.05) is 0 Å². The summed E-state index contributed by atoms with van der Waals surface area (Å²) in [6.45, 7) is -1.03. The third kappa shape index (κ3) is 3.27. The zero-order valence-electron chi connectivity index (χ0n) is 11.7. The summed E-state index contributed by atoms with van der Waals surface area (Å²) in [4.78, 5) is 11.7. The topological polar surface area (TPSA) is 62.1 Å². The first-order valence-electron chi connectivity index (χ1n) is 6.30. The second-order valence-corrected chi connectivity index (χ2v) is 4.39. The number of rotatable bonds is 4. The van der Waals surface area contributed by atoms with Crippen LogP contribution in [0.2, 0.25) is 0 Å². The molecule has 0 aliphatic heterocycles. The molecule has 124 valence electrons. The molecule has 2 aromatic rings. The van der Waals surface area contributed by atoms with Crippen LogP contribution in [0.3, 0.4) is 0 Å². The Balaban J connectivity index is 2.15. The Morgan fingerprint density at radius 1 is 1.00 bits per heavy atom. The smallest absolute Gasteiger partial charge is 0.262 e. The molecule has 0 spiro atoms. The number of nitriles is 1. The molecular weight excluding hydrogens is 335 g/mol. The maximum absolute atomic E-state index is 13.4. The first-order valence-corrected chi connectivity index (χ1v) is 6.30. The highest BCUT2D eigenvalue weighted by atomic mass is 19.2. The number of ether oxygens (including phenoxy) is 1. The van der Waals surface area contributed by atoms with Crippen molar-refractivity contribution in [3.63, 3.8) is 0 Å². The van der Waals surface area contributed by atoms with Gasteiger partial charge < -0.3 is 10.1 Å². The van der Waals surface area contributed by atoms with Crippen molar-refractivity contribution in [2.24, 2.45) is 0 Å². The van der Waals surface area contributed by atoms with Crippen LogP contribution < -0.4 is 10.1 Å². The third-order valence-corrected chi connectivity index (χ3v) is 2.84. The monoisotopic (exact) mass is 342 g/mol. The van der Waals surface area contributed by atoms with Crippen LogP contribution >= 0.6 is 0 Å². The van der Waals surface area contributed by atoms with Gasteiger partial charge in [-0.1, -0.05) is 12.1 Å². The van der Waals surface area contributed by atoms with Gasteiger partial charge in [-0.3, -0.25) is 4.79 Å². The fraction of sp³-hybridized carbons (Fsp3) is 0.0667. The summed E-state index contributed by atoms with van der Waals surface area (Å²) in [7, 11) is 0. The van der Waals surface area contributed by atoms with E-state index in [2.05, 4.69) is 10.1 Å². The molecule has 0 saturated carbocycles. The molecule has 0 bridgehead atoms. The van der Waals surface area contributed by atoms with Crippen LogP contribution in [0.25, 0.3) is 0 Å². The molecule has 0 fully saturated rings. The lowest BCUT2D eigenvalue weighted by atomic mass is 10.2. The standard InChI is InChI=1S/C15H7F5N2O2/c16-10-11(17)13(19)15(14(20)12(10)18)24-6-9(23)22-8-4-2-1-3-7(8)5-21/h1-4H,6H2,(H,22,23). The van der Waals surface area contributed by atoms with E-state index in [4.69, 9.17) is 5.26 Å². The summed E-state index contributed by atoms with van der Waals surface area (Å²) >= 11 is 0. The average molecular weight is 342 g/mol. The SMILES string of the molecule is N#Cc1ccccc1NC(=O)COc1c(F)c(F)c(F)c(F)c1F. The number of para-hydroxylation sites is 1. The third-order valence-electron chi connectivity index (χ3n) is 2.84. The molecule has 0 radical (unpaired) electrons. The Kier molecular flexibility index (Phi) is 4.99. The highest BCUT2D eigenvalue weighted by molar-refractivity contribution is 5.93. The number of nitrogens with zero attached hydrogens (tertiary/aromatic N) is 1. The summed E-state index contributed by atoms with van der Waals surface area (Å²) in [5, 5.41) is 11.1. The van der Waals surface area contributed by atoms with E-state index < -0.39 is 47.3 Å².